The summed E-state index contributed by atoms with van der Waals surface area (Å²) < 4.78 is 4.95. The second-order valence-corrected chi connectivity index (χ2v) is 4.60. The monoisotopic (exact) mass is 238 g/mol. The summed E-state index contributed by atoms with van der Waals surface area (Å²) in [4.78, 5) is 23.2. The zero-order valence-corrected chi connectivity index (χ0v) is 10.6. The van der Waals surface area contributed by atoms with E-state index < -0.39 is 0 Å². The highest BCUT2D eigenvalue weighted by Crippen LogP contribution is 2.35. The van der Waals surface area contributed by atoms with E-state index in [2.05, 4.69) is 6.58 Å². The number of allylic oxidation sites excluding steroid dienone is 1. The molecule has 3 nitrogen and oxygen atoms in total. The summed E-state index contributed by atoms with van der Waals surface area (Å²) >= 11 is 0. The number of unbranched alkanes of at least 4 members (excludes halogenated alkanes) is 1. The molecule has 0 spiro atoms. The van der Waals surface area contributed by atoms with Crippen LogP contribution in [0.3, 0.4) is 0 Å². The van der Waals surface area contributed by atoms with Gasteiger partial charge in [-0.3, -0.25) is 9.59 Å². The predicted octanol–water partition coefficient (Wildman–Crippen LogP) is 2.89. The van der Waals surface area contributed by atoms with Crippen molar-refractivity contribution >= 4 is 11.8 Å². The first-order valence-electron chi connectivity index (χ1n) is 6.48. The molecule has 0 heterocycles. The second kappa shape index (κ2) is 7.25. The number of carbonyl (C=O) groups excluding carboxylic acids is 2. The van der Waals surface area contributed by atoms with Gasteiger partial charge < -0.3 is 4.74 Å². The van der Waals surface area contributed by atoms with Crippen LogP contribution in [0.4, 0.5) is 0 Å². The van der Waals surface area contributed by atoms with Gasteiger partial charge >= 0.3 is 5.97 Å². The quantitative estimate of drug-likeness (QED) is 0.389. The van der Waals surface area contributed by atoms with Crippen LogP contribution in [0, 0.1) is 11.8 Å². The Kier molecular flexibility index (Phi) is 5.95. The van der Waals surface area contributed by atoms with Crippen molar-refractivity contribution in [1.82, 2.24) is 0 Å². The van der Waals surface area contributed by atoms with Crippen molar-refractivity contribution in [2.45, 2.75) is 45.4 Å². The van der Waals surface area contributed by atoms with E-state index in [1.54, 1.807) is 6.92 Å². The summed E-state index contributed by atoms with van der Waals surface area (Å²) in [6.45, 7) is 5.90. The number of ether oxygens (including phenoxy) is 1. The Labute approximate surface area is 103 Å². The largest absolute Gasteiger partial charge is 0.466 e. The van der Waals surface area contributed by atoms with Crippen molar-refractivity contribution in [1.29, 1.82) is 0 Å². The van der Waals surface area contributed by atoms with Gasteiger partial charge in [-0.15, -0.1) is 6.58 Å². The molecular weight excluding hydrogens is 216 g/mol. The van der Waals surface area contributed by atoms with E-state index in [0.29, 0.717) is 25.2 Å². The Morgan fingerprint density at radius 2 is 2.35 bits per heavy atom. The van der Waals surface area contributed by atoms with Gasteiger partial charge in [-0.2, -0.15) is 0 Å². The smallest absolute Gasteiger partial charge is 0.306 e. The lowest BCUT2D eigenvalue weighted by atomic mass is 9.88. The third-order valence-corrected chi connectivity index (χ3v) is 3.40. The molecule has 0 aromatic heterocycles. The van der Waals surface area contributed by atoms with Gasteiger partial charge in [0.05, 0.1) is 6.61 Å². The van der Waals surface area contributed by atoms with Gasteiger partial charge in [-0.05, 0) is 38.5 Å². The maximum absolute atomic E-state index is 11.7. The first kappa shape index (κ1) is 13.9. The minimum atomic E-state index is -0.166. The zero-order chi connectivity index (χ0) is 12.7. The van der Waals surface area contributed by atoms with Gasteiger partial charge in [0.15, 0.2) is 0 Å². The number of hydrogen-bond donors (Lipinski definition) is 0. The van der Waals surface area contributed by atoms with Crippen LogP contribution < -0.4 is 0 Å². The Bertz CT molecular complexity index is 283. The van der Waals surface area contributed by atoms with Crippen LogP contribution in [0.5, 0.6) is 0 Å². The molecule has 0 N–H and O–H groups in total. The van der Waals surface area contributed by atoms with E-state index >= 15 is 0 Å². The van der Waals surface area contributed by atoms with Crippen LogP contribution in [-0.4, -0.2) is 18.4 Å². The molecule has 0 amide bonds. The SMILES string of the molecule is C=CCCCC1C(=O)CCC1CC(=O)OCC. The molecule has 0 aromatic rings. The summed E-state index contributed by atoms with van der Waals surface area (Å²) in [5.41, 5.74) is 0. The minimum Gasteiger partial charge on any atom is -0.466 e. The molecule has 0 radical (unpaired) electrons. The maximum atomic E-state index is 11.7. The lowest BCUT2D eigenvalue weighted by Crippen LogP contribution is -2.19. The fraction of sp³-hybridized carbons (Fsp3) is 0.714. The molecule has 1 aliphatic carbocycles. The van der Waals surface area contributed by atoms with Crippen LogP contribution in [0.2, 0.25) is 0 Å². The second-order valence-electron chi connectivity index (χ2n) is 4.60. The highest BCUT2D eigenvalue weighted by molar-refractivity contribution is 5.84. The van der Waals surface area contributed by atoms with Crippen LogP contribution >= 0.6 is 0 Å². The molecule has 1 rings (SSSR count). The molecule has 2 unspecified atom stereocenters. The number of ketones is 1. The Hall–Kier alpha value is -1.12. The molecule has 96 valence electrons. The van der Waals surface area contributed by atoms with E-state index in [9.17, 15) is 9.59 Å². The van der Waals surface area contributed by atoms with Gasteiger partial charge in [0.1, 0.15) is 5.78 Å². The lowest BCUT2D eigenvalue weighted by Gasteiger charge is -2.17. The standard InChI is InChI=1S/C14H22O3/c1-3-5-6-7-12-11(8-9-13(12)15)10-14(16)17-4-2/h3,11-12H,1,4-10H2,2H3. The molecule has 3 heteroatoms. The fourth-order valence-corrected chi connectivity index (χ4v) is 2.53. The highest BCUT2D eigenvalue weighted by atomic mass is 16.5. The summed E-state index contributed by atoms with van der Waals surface area (Å²) in [6, 6.07) is 0. The molecule has 1 fully saturated rings. The average Bonchev–Trinajstić information content (AvgIpc) is 2.62. The topological polar surface area (TPSA) is 43.4 Å². The zero-order valence-electron chi connectivity index (χ0n) is 10.6. The normalized spacial score (nSPS) is 23.7. The molecule has 0 bridgehead atoms. The van der Waals surface area contributed by atoms with Gasteiger partial charge in [0, 0.05) is 18.8 Å². The molecule has 0 aliphatic heterocycles. The van der Waals surface area contributed by atoms with E-state index in [1.807, 2.05) is 6.08 Å². The third-order valence-electron chi connectivity index (χ3n) is 3.40. The molecule has 2 atom stereocenters. The Morgan fingerprint density at radius 3 is 3.00 bits per heavy atom. The Balaban J connectivity index is 2.43. The molecule has 1 saturated carbocycles. The summed E-state index contributed by atoms with van der Waals surface area (Å²) in [5.74, 6) is 0.426. The van der Waals surface area contributed by atoms with Crippen LogP contribution in [-0.2, 0) is 14.3 Å². The van der Waals surface area contributed by atoms with Gasteiger partial charge in [0.2, 0.25) is 0 Å². The number of esters is 1. The Morgan fingerprint density at radius 1 is 1.59 bits per heavy atom. The number of Topliss-reactive ketones (excluding diaryl/α,β-unsaturated/α-hetero) is 1. The summed E-state index contributed by atoms with van der Waals surface area (Å²) in [5, 5.41) is 0. The van der Waals surface area contributed by atoms with Crippen molar-refractivity contribution in [3.63, 3.8) is 0 Å². The molecule has 0 aromatic carbocycles. The number of hydrogen-bond acceptors (Lipinski definition) is 3. The summed E-state index contributed by atoms with van der Waals surface area (Å²) in [6.07, 6.45) is 6.56. The first-order valence-corrected chi connectivity index (χ1v) is 6.48. The third kappa shape index (κ3) is 4.33. The van der Waals surface area contributed by atoms with Crippen molar-refractivity contribution < 1.29 is 14.3 Å². The van der Waals surface area contributed by atoms with Crippen LogP contribution in [0.25, 0.3) is 0 Å². The van der Waals surface area contributed by atoms with Crippen molar-refractivity contribution in [3.8, 4) is 0 Å². The average molecular weight is 238 g/mol. The van der Waals surface area contributed by atoms with Crippen LogP contribution in [0.1, 0.15) is 45.4 Å². The fourth-order valence-electron chi connectivity index (χ4n) is 2.53. The van der Waals surface area contributed by atoms with E-state index in [-0.39, 0.29) is 17.8 Å². The minimum absolute atomic E-state index is 0.0688. The van der Waals surface area contributed by atoms with Crippen molar-refractivity contribution in [2.75, 3.05) is 6.61 Å². The molecule has 17 heavy (non-hydrogen) atoms. The van der Waals surface area contributed by atoms with Crippen molar-refractivity contribution in [2.24, 2.45) is 11.8 Å². The highest BCUT2D eigenvalue weighted by Gasteiger charge is 2.35. The summed E-state index contributed by atoms with van der Waals surface area (Å²) in [7, 11) is 0. The van der Waals surface area contributed by atoms with Gasteiger partial charge in [-0.25, -0.2) is 0 Å². The molecule has 1 aliphatic rings. The van der Waals surface area contributed by atoms with E-state index in [4.69, 9.17) is 4.74 Å². The molecule has 0 saturated heterocycles. The van der Waals surface area contributed by atoms with Gasteiger partial charge in [-0.1, -0.05) is 6.08 Å². The van der Waals surface area contributed by atoms with Gasteiger partial charge in [0.25, 0.3) is 0 Å². The number of carbonyl (C=O) groups is 2. The first-order chi connectivity index (χ1) is 8.19. The maximum Gasteiger partial charge on any atom is 0.306 e. The van der Waals surface area contributed by atoms with Crippen LogP contribution in [0.15, 0.2) is 12.7 Å². The van der Waals surface area contributed by atoms with E-state index in [1.165, 1.54) is 0 Å². The molecular formula is C14H22O3. The predicted molar refractivity (Wildman–Crippen MR) is 66.5 cm³/mol. The van der Waals surface area contributed by atoms with E-state index in [0.717, 1.165) is 25.7 Å². The lowest BCUT2D eigenvalue weighted by molar-refractivity contribution is -0.144. The van der Waals surface area contributed by atoms with Crippen molar-refractivity contribution in [3.05, 3.63) is 12.7 Å². The number of rotatable bonds is 7.